The number of pyridine rings is 1. The Labute approximate surface area is 173 Å². The second kappa shape index (κ2) is 8.78. The molecule has 0 saturated carbocycles. The predicted octanol–water partition coefficient (Wildman–Crippen LogP) is 4.01. The van der Waals surface area contributed by atoms with Gasteiger partial charge in [-0.1, -0.05) is 0 Å². The van der Waals surface area contributed by atoms with Crippen LogP contribution in [0, 0.1) is 10.1 Å². The minimum absolute atomic E-state index is 0.140. The third kappa shape index (κ3) is 4.66. The first-order valence-corrected chi connectivity index (χ1v) is 10.4. The lowest BCUT2D eigenvalue weighted by Gasteiger charge is -2.20. The predicted molar refractivity (Wildman–Crippen MR) is 111 cm³/mol. The van der Waals surface area contributed by atoms with Crippen molar-refractivity contribution in [3.05, 3.63) is 77.0 Å². The quantitative estimate of drug-likeness (QED) is 0.393. The molecule has 0 aliphatic rings. The van der Waals surface area contributed by atoms with E-state index in [1.165, 1.54) is 31.3 Å². The van der Waals surface area contributed by atoms with E-state index >= 15 is 0 Å². The van der Waals surface area contributed by atoms with Gasteiger partial charge in [-0.15, -0.1) is 0 Å². The molecule has 9 nitrogen and oxygen atoms in total. The Balaban J connectivity index is 1.73. The SMILES string of the molecule is CCOc1ccc(S(=O)(=O)N(C)c2ccc(Oc3ccc([N+](=O)[O-])cn3)cc2)cc1. The van der Waals surface area contributed by atoms with Crippen LogP contribution in [-0.2, 0) is 10.0 Å². The lowest BCUT2D eigenvalue weighted by molar-refractivity contribution is -0.385. The molecular weight excluding hydrogens is 410 g/mol. The molecular formula is C20H19N3O6S. The van der Waals surface area contributed by atoms with E-state index in [0.717, 1.165) is 10.5 Å². The van der Waals surface area contributed by atoms with E-state index in [2.05, 4.69) is 4.98 Å². The van der Waals surface area contributed by atoms with Crippen LogP contribution in [0.5, 0.6) is 17.4 Å². The van der Waals surface area contributed by atoms with Crippen molar-refractivity contribution in [1.29, 1.82) is 0 Å². The summed E-state index contributed by atoms with van der Waals surface area (Å²) >= 11 is 0. The van der Waals surface area contributed by atoms with Crippen molar-refractivity contribution in [2.45, 2.75) is 11.8 Å². The molecule has 0 aliphatic carbocycles. The fourth-order valence-electron chi connectivity index (χ4n) is 2.56. The number of hydrogen-bond donors (Lipinski definition) is 0. The number of benzene rings is 2. The first-order chi connectivity index (χ1) is 14.3. The Morgan fingerprint density at radius 1 is 1.00 bits per heavy atom. The van der Waals surface area contributed by atoms with Crippen LogP contribution in [0.4, 0.5) is 11.4 Å². The van der Waals surface area contributed by atoms with Crippen molar-refractivity contribution < 1.29 is 22.8 Å². The van der Waals surface area contributed by atoms with E-state index in [1.807, 2.05) is 6.92 Å². The maximum Gasteiger partial charge on any atom is 0.287 e. The second-order valence-electron chi connectivity index (χ2n) is 6.08. The molecule has 0 atom stereocenters. The van der Waals surface area contributed by atoms with Gasteiger partial charge in [-0.3, -0.25) is 14.4 Å². The molecule has 0 unspecified atom stereocenters. The smallest absolute Gasteiger partial charge is 0.287 e. The lowest BCUT2D eigenvalue weighted by atomic mass is 10.3. The van der Waals surface area contributed by atoms with Gasteiger partial charge in [0.1, 0.15) is 17.7 Å². The van der Waals surface area contributed by atoms with Crippen molar-refractivity contribution in [1.82, 2.24) is 4.98 Å². The van der Waals surface area contributed by atoms with Gasteiger partial charge >= 0.3 is 0 Å². The van der Waals surface area contributed by atoms with E-state index in [1.54, 1.807) is 36.4 Å². The van der Waals surface area contributed by atoms with Gasteiger partial charge in [-0.2, -0.15) is 0 Å². The average Bonchev–Trinajstić information content (AvgIpc) is 2.75. The zero-order chi connectivity index (χ0) is 21.7. The number of nitrogens with zero attached hydrogens (tertiary/aromatic N) is 3. The molecule has 156 valence electrons. The van der Waals surface area contributed by atoms with E-state index in [0.29, 0.717) is 23.8 Å². The summed E-state index contributed by atoms with van der Waals surface area (Å²) in [7, 11) is -2.29. The summed E-state index contributed by atoms with van der Waals surface area (Å²) in [5.41, 5.74) is 0.298. The zero-order valence-corrected chi connectivity index (χ0v) is 17.1. The van der Waals surface area contributed by atoms with Crippen molar-refractivity contribution in [2.24, 2.45) is 0 Å². The highest BCUT2D eigenvalue weighted by Gasteiger charge is 2.21. The summed E-state index contributed by atoms with van der Waals surface area (Å²) in [5.74, 6) is 1.19. The van der Waals surface area contributed by atoms with Gasteiger partial charge in [-0.05, 0) is 55.5 Å². The fourth-order valence-corrected chi connectivity index (χ4v) is 3.75. The first-order valence-electron chi connectivity index (χ1n) is 8.91. The minimum Gasteiger partial charge on any atom is -0.494 e. The minimum atomic E-state index is -3.75. The van der Waals surface area contributed by atoms with Crippen molar-refractivity contribution >= 4 is 21.4 Å². The Kier molecular flexibility index (Phi) is 6.17. The molecule has 1 aromatic heterocycles. The Morgan fingerprint density at radius 3 is 2.17 bits per heavy atom. The molecule has 0 saturated heterocycles. The number of anilines is 1. The van der Waals surface area contributed by atoms with Gasteiger partial charge < -0.3 is 9.47 Å². The van der Waals surface area contributed by atoms with E-state index in [4.69, 9.17) is 9.47 Å². The van der Waals surface area contributed by atoms with Gasteiger partial charge in [0.15, 0.2) is 0 Å². The van der Waals surface area contributed by atoms with E-state index in [9.17, 15) is 18.5 Å². The number of ether oxygens (including phenoxy) is 2. The number of sulfonamides is 1. The molecule has 1 heterocycles. The molecule has 30 heavy (non-hydrogen) atoms. The summed E-state index contributed by atoms with van der Waals surface area (Å²) in [6.45, 7) is 2.35. The third-order valence-electron chi connectivity index (χ3n) is 4.15. The molecule has 0 N–H and O–H groups in total. The summed E-state index contributed by atoms with van der Waals surface area (Å²) in [6.07, 6.45) is 1.10. The summed E-state index contributed by atoms with van der Waals surface area (Å²) in [6, 6.07) is 15.2. The monoisotopic (exact) mass is 429 g/mol. The van der Waals surface area contributed by atoms with Gasteiger partial charge in [0.2, 0.25) is 5.88 Å². The van der Waals surface area contributed by atoms with Crippen molar-refractivity contribution in [2.75, 3.05) is 18.0 Å². The normalized spacial score (nSPS) is 11.0. The van der Waals surface area contributed by atoms with Gasteiger partial charge in [-0.25, -0.2) is 13.4 Å². The average molecular weight is 429 g/mol. The van der Waals surface area contributed by atoms with Crippen LogP contribution in [0.15, 0.2) is 71.8 Å². The van der Waals surface area contributed by atoms with Gasteiger partial charge in [0, 0.05) is 19.2 Å². The van der Waals surface area contributed by atoms with Gasteiger partial charge in [0.05, 0.1) is 22.1 Å². The highest BCUT2D eigenvalue weighted by atomic mass is 32.2. The van der Waals surface area contributed by atoms with Crippen LogP contribution in [0.3, 0.4) is 0 Å². The summed E-state index contributed by atoms with van der Waals surface area (Å²) in [4.78, 5) is 14.1. The topological polar surface area (TPSA) is 112 Å². The van der Waals surface area contributed by atoms with Crippen molar-refractivity contribution in [3.8, 4) is 17.4 Å². The molecule has 3 rings (SSSR count). The Bertz CT molecular complexity index is 1110. The van der Waals surface area contributed by atoms with E-state index in [-0.39, 0.29) is 16.5 Å². The second-order valence-corrected chi connectivity index (χ2v) is 8.05. The van der Waals surface area contributed by atoms with Gasteiger partial charge in [0.25, 0.3) is 15.7 Å². The zero-order valence-electron chi connectivity index (χ0n) is 16.3. The molecule has 0 radical (unpaired) electrons. The van der Waals surface area contributed by atoms with Crippen LogP contribution in [0.1, 0.15) is 6.92 Å². The molecule has 0 aliphatic heterocycles. The standard InChI is InChI=1S/C20H19N3O6S/c1-3-28-17-9-11-19(12-10-17)30(26,27)22(2)15-4-7-18(8-5-15)29-20-13-6-16(14-21-20)23(24)25/h4-14H,3H2,1-2H3. The molecule has 0 fully saturated rings. The molecule has 3 aromatic rings. The van der Waals surface area contributed by atoms with Crippen LogP contribution in [0.25, 0.3) is 0 Å². The lowest BCUT2D eigenvalue weighted by Crippen LogP contribution is -2.26. The molecule has 10 heteroatoms. The number of rotatable bonds is 8. The Hall–Kier alpha value is -3.66. The summed E-state index contributed by atoms with van der Waals surface area (Å²) < 4.78 is 37.7. The molecule has 0 amide bonds. The largest absolute Gasteiger partial charge is 0.494 e. The fraction of sp³-hybridized carbons (Fsp3) is 0.150. The third-order valence-corrected chi connectivity index (χ3v) is 5.95. The maximum atomic E-state index is 12.9. The maximum absolute atomic E-state index is 12.9. The summed E-state index contributed by atoms with van der Waals surface area (Å²) in [5, 5.41) is 10.7. The van der Waals surface area contributed by atoms with Crippen LogP contribution in [-0.4, -0.2) is 32.0 Å². The number of nitro groups is 1. The molecule has 0 bridgehead atoms. The van der Waals surface area contributed by atoms with Crippen LogP contribution < -0.4 is 13.8 Å². The number of hydrogen-bond acceptors (Lipinski definition) is 7. The van der Waals surface area contributed by atoms with Crippen molar-refractivity contribution in [3.63, 3.8) is 0 Å². The highest BCUT2D eigenvalue weighted by molar-refractivity contribution is 7.92. The highest BCUT2D eigenvalue weighted by Crippen LogP contribution is 2.27. The van der Waals surface area contributed by atoms with Crippen LogP contribution in [0.2, 0.25) is 0 Å². The van der Waals surface area contributed by atoms with E-state index < -0.39 is 14.9 Å². The Morgan fingerprint density at radius 2 is 1.63 bits per heavy atom. The first kappa shape index (κ1) is 21.1. The number of aromatic nitrogens is 1. The molecule has 2 aromatic carbocycles. The molecule has 0 spiro atoms. The van der Waals surface area contributed by atoms with Crippen LogP contribution >= 0.6 is 0 Å².